The van der Waals surface area contributed by atoms with Crippen LogP contribution in [0.25, 0.3) is 16.6 Å². The monoisotopic (exact) mass is 479 g/mol. The van der Waals surface area contributed by atoms with Crippen molar-refractivity contribution < 1.29 is 4.39 Å². The Hall–Kier alpha value is -2.91. The third kappa shape index (κ3) is 4.42. The van der Waals surface area contributed by atoms with Gasteiger partial charge in [-0.15, -0.1) is 0 Å². The lowest BCUT2D eigenvalue weighted by Crippen LogP contribution is -2.22. The highest BCUT2D eigenvalue weighted by molar-refractivity contribution is 7.99. The maximum absolute atomic E-state index is 14.3. The topological polar surface area (TPSA) is 86.1 Å². The van der Waals surface area contributed by atoms with Crippen LogP contribution in [-0.2, 0) is 0 Å². The fourth-order valence-corrected chi connectivity index (χ4v) is 5.97. The van der Waals surface area contributed by atoms with E-state index in [1.807, 2.05) is 25.5 Å². The van der Waals surface area contributed by atoms with E-state index in [2.05, 4.69) is 27.0 Å². The molecule has 4 aromatic heterocycles. The second kappa shape index (κ2) is 9.76. The Bertz CT molecular complexity index is 1290. The van der Waals surface area contributed by atoms with Gasteiger partial charge in [0.05, 0.1) is 24.1 Å². The van der Waals surface area contributed by atoms with Gasteiger partial charge in [0.1, 0.15) is 10.5 Å². The Morgan fingerprint density at radius 3 is 2.79 bits per heavy atom. The standard InChI is InChI=1S/C25H30FN7S/c1-16-20(13-31-33(16)19-7-5-17(6-8-19)9-11-28-2)18-12-23(24-22(27)14-30-32(24)15-18)34-25-21(26)4-3-10-29-25/h3-4,10,12-15,17,19,28H,5-9,11,27H2,1-2H3/t17-,19+. The van der Waals surface area contributed by atoms with Crippen molar-refractivity contribution in [3.63, 3.8) is 0 Å². The smallest absolute Gasteiger partial charge is 0.155 e. The van der Waals surface area contributed by atoms with E-state index in [0.717, 1.165) is 52.5 Å². The molecule has 4 aromatic rings. The Labute approximate surface area is 203 Å². The van der Waals surface area contributed by atoms with Gasteiger partial charge in [-0.3, -0.25) is 4.68 Å². The van der Waals surface area contributed by atoms with Crippen molar-refractivity contribution in [2.24, 2.45) is 5.92 Å². The fraction of sp³-hybridized carbons (Fsp3) is 0.400. The molecule has 0 unspecified atom stereocenters. The number of nitrogens with one attached hydrogen (secondary N) is 1. The van der Waals surface area contributed by atoms with Gasteiger partial charge in [0.2, 0.25) is 0 Å². The molecule has 0 amide bonds. The van der Waals surface area contributed by atoms with E-state index in [0.29, 0.717) is 16.8 Å². The summed E-state index contributed by atoms with van der Waals surface area (Å²) >= 11 is 1.26. The van der Waals surface area contributed by atoms with Crippen molar-refractivity contribution in [3.8, 4) is 11.1 Å². The molecule has 5 rings (SSSR count). The van der Waals surface area contributed by atoms with Gasteiger partial charge in [-0.25, -0.2) is 13.9 Å². The Morgan fingerprint density at radius 2 is 2.03 bits per heavy atom. The number of pyridine rings is 2. The molecule has 0 aliphatic heterocycles. The van der Waals surface area contributed by atoms with Crippen LogP contribution in [0.5, 0.6) is 0 Å². The number of nitrogens with zero attached hydrogens (tertiary/aromatic N) is 5. The number of hydrogen-bond acceptors (Lipinski definition) is 6. The molecule has 9 heteroatoms. The van der Waals surface area contributed by atoms with Gasteiger partial charge in [0, 0.05) is 34.1 Å². The molecule has 7 nitrogen and oxygen atoms in total. The second-order valence-corrected chi connectivity index (χ2v) is 10.1. The molecule has 1 aliphatic rings. The Morgan fingerprint density at radius 1 is 1.21 bits per heavy atom. The summed E-state index contributed by atoms with van der Waals surface area (Å²) in [5, 5.41) is 12.8. The second-order valence-electron chi connectivity index (χ2n) is 9.03. The van der Waals surface area contributed by atoms with Gasteiger partial charge in [-0.2, -0.15) is 10.2 Å². The molecule has 0 saturated heterocycles. The molecule has 0 atom stereocenters. The van der Waals surface area contributed by atoms with E-state index in [4.69, 9.17) is 10.8 Å². The average Bonchev–Trinajstić information content (AvgIpc) is 3.42. The van der Waals surface area contributed by atoms with Crippen molar-refractivity contribution in [3.05, 3.63) is 54.5 Å². The Balaban J connectivity index is 1.45. The van der Waals surface area contributed by atoms with Gasteiger partial charge in [0.25, 0.3) is 0 Å². The number of aromatic nitrogens is 5. The molecule has 34 heavy (non-hydrogen) atoms. The predicted octanol–water partition coefficient (Wildman–Crippen LogP) is 5.11. The first-order valence-corrected chi connectivity index (χ1v) is 12.6. The zero-order valence-electron chi connectivity index (χ0n) is 19.5. The summed E-state index contributed by atoms with van der Waals surface area (Å²) in [5.41, 5.74) is 10.7. The largest absolute Gasteiger partial charge is 0.396 e. The number of nitrogens with two attached hydrogens (primary N) is 1. The highest BCUT2D eigenvalue weighted by Gasteiger charge is 2.25. The molecule has 0 aromatic carbocycles. The summed E-state index contributed by atoms with van der Waals surface area (Å²) in [6.07, 6.45) is 13.2. The summed E-state index contributed by atoms with van der Waals surface area (Å²) < 4.78 is 18.3. The number of hydrogen-bond donors (Lipinski definition) is 2. The van der Waals surface area contributed by atoms with E-state index in [1.54, 1.807) is 23.0 Å². The minimum Gasteiger partial charge on any atom is -0.396 e. The van der Waals surface area contributed by atoms with Crippen molar-refractivity contribution in [2.75, 3.05) is 19.3 Å². The van der Waals surface area contributed by atoms with Crippen molar-refractivity contribution in [2.45, 2.75) is 55.0 Å². The molecule has 1 saturated carbocycles. The quantitative estimate of drug-likeness (QED) is 0.383. The molecular weight excluding hydrogens is 449 g/mol. The van der Waals surface area contributed by atoms with E-state index in [-0.39, 0.29) is 5.82 Å². The van der Waals surface area contributed by atoms with Gasteiger partial charge in [-0.1, -0.05) is 11.8 Å². The van der Waals surface area contributed by atoms with E-state index < -0.39 is 0 Å². The normalized spacial score (nSPS) is 18.6. The lowest BCUT2D eigenvalue weighted by molar-refractivity contribution is 0.248. The zero-order valence-corrected chi connectivity index (χ0v) is 20.4. The molecule has 3 N–H and O–H groups in total. The van der Waals surface area contributed by atoms with Crippen LogP contribution >= 0.6 is 11.8 Å². The fourth-order valence-electron chi connectivity index (χ4n) is 4.98. The van der Waals surface area contributed by atoms with Gasteiger partial charge >= 0.3 is 0 Å². The summed E-state index contributed by atoms with van der Waals surface area (Å²) in [6.45, 7) is 3.21. The zero-order chi connectivity index (χ0) is 23.7. The number of rotatable bonds is 7. The number of halogens is 1. The summed E-state index contributed by atoms with van der Waals surface area (Å²) in [5.74, 6) is 0.446. The van der Waals surface area contributed by atoms with Crippen LogP contribution in [-0.4, -0.2) is 38.0 Å². The highest BCUT2D eigenvalue weighted by Crippen LogP contribution is 2.39. The van der Waals surface area contributed by atoms with Crippen LogP contribution in [0, 0.1) is 18.7 Å². The first-order chi connectivity index (χ1) is 16.5. The van der Waals surface area contributed by atoms with Crippen LogP contribution in [0.2, 0.25) is 0 Å². The SMILES string of the molecule is CNCC[C@H]1CC[C@@H](n2ncc(-c3cc(Sc4ncccc4F)c4c(N)cnn4c3)c2C)CC1. The van der Waals surface area contributed by atoms with Crippen molar-refractivity contribution in [1.82, 2.24) is 29.7 Å². The first kappa shape index (κ1) is 22.9. The summed E-state index contributed by atoms with van der Waals surface area (Å²) in [7, 11) is 2.02. The maximum atomic E-state index is 14.3. The molecule has 1 fully saturated rings. The molecule has 178 valence electrons. The molecule has 0 spiro atoms. The van der Waals surface area contributed by atoms with Crippen LogP contribution < -0.4 is 11.1 Å². The minimum absolute atomic E-state index is 0.310. The highest BCUT2D eigenvalue weighted by atomic mass is 32.2. The van der Waals surface area contributed by atoms with Gasteiger partial charge < -0.3 is 11.1 Å². The van der Waals surface area contributed by atoms with Crippen molar-refractivity contribution in [1.29, 1.82) is 0 Å². The number of anilines is 1. The minimum atomic E-state index is -0.358. The van der Waals surface area contributed by atoms with Gasteiger partial charge in [-0.05, 0) is 76.7 Å². The molecule has 0 radical (unpaired) electrons. The van der Waals surface area contributed by atoms with E-state index >= 15 is 0 Å². The molecule has 1 aliphatic carbocycles. The number of nitrogen functional groups attached to an aromatic ring is 1. The van der Waals surface area contributed by atoms with E-state index in [1.165, 1.54) is 37.1 Å². The molecule has 4 heterocycles. The average molecular weight is 480 g/mol. The first-order valence-electron chi connectivity index (χ1n) is 11.8. The Kier molecular flexibility index (Phi) is 6.56. The summed E-state index contributed by atoms with van der Waals surface area (Å²) in [6, 6.07) is 5.47. The number of fused-ring (bicyclic) bond motifs is 1. The summed E-state index contributed by atoms with van der Waals surface area (Å²) in [4.78, 5) is 5.01. The van der Waals surface area contributed by atoms with Crippen LogP contribution in [0.3, 0.4) is 0 Å². The lowest BCUT2D eigenvalue weighted by Gasteiger charge is -2.29. The predicted molar refractivity (Wildman–Crippen MR) is 133 cm³/mol. The van der Waals surface area contributed by atoms with Crippen molar-refractivity contribution >= 4 is 23.0 Å². The maximum Gasteiger partial charge on any atom is 0.155 e. The van der Waals surface area contributed by atoms with Crippen LogP contribution in [0.1, 0.15) is 43.8 Å². The van der Waals surface area contributed by atoms with E-state index in [9.17, 15) is 4.39 Å². The third-order valence-corrected chi connectivity index (χ3v) is 7.88. The molecular formula is C25H30FN7S. The third-order valence-electron chi connectivity index (χ3n) is 6.86. The van der Waals surface area contributed by atoms with Crippen LogP contribution in [0.4, 0.5) is 10.1 Å². The van der Waals surface area contributed by atoms with Gasteiger partial charge in [0.15, 0.2) is 5.82 Å². The van der Waals surface area contributed by atoms with Crippen LogP contribution in [0.15, 0.2) is 52.9 Å². The lowest BCUT2D eigenvalue weighted by atomic mass is 9.84. The molecule has 0 bridgehead atoms.